The predicted molar refractivity (Wildman–Crippen MR) is 61.2 cm³/mol. The van der Waals surface area contributed by atoms with Crippen molar-refractivity contribution >= 4 is 33.6 Å². The van der Waals surface area contributed by atoms with Crippen LogP contribution in [0.15, 0.2) is 33.9 Å². The molecule has 0 fully saturated rings. The number of rotatable bonds is 3. The Hall–Kier alpha value is -1.40. The van der Waals surface area contributed by atoms with Crippen molar-refractivity contribution < 1.29 is 8.84 Å². The normalized spacial score (nSPS) is 13.4. The first-order chi connectivity index (χ1) is 7.74. The third kappa shape index (κ3) is 1.94. The van der Waals surface area contributed by atoms with Crippen molar-refractivity contribution in [2.75, 3.05) is 0 Å². The van der Waals surface area contributed by atoms with Gasteiger partial charge < -0.3 is 4.72 Å². The zero-order valence-electron chi connectivity index (χ0n) is 8.31. The molecule has 2 aromatic rings. The van der Waals surface area contributed by atoms with E-state index >= 15 is 0 Å². The third-order valence-corrected chi connectivity index (χ3v) is 3.25. The van der Waals surface area contributed by atoms with Crippen molar-refractivity contribution in [3.8, 4) is 0 Å². The van der Waals surface area contributed by atoms with Crippen LogP contribution in [0.25, 0.3) is 11.0 Å². The molecule has 0 amide bonds. The summed E-state index contributed by atoms with van der Waals surface area (Å²) in [6.07, 6.45) is 3.33. The summed E-state index contributed by atoms with van der Waals surface area (Å²) in [6, 6.07) is 3.24. The minimum Gasteiger partial charge on any atom is -0.308 e. The van der Waals surface area contributed by atoms with Gasteiger partial charge in [0.15, 0.2) is 22.0 Å². The molecule has 0 saturated heterocycles. The molecule has 1 aromatic carbocycles. The molecule has 0 saturated carbocycles. The molecule has 0 aliphatic carbocycles. The van der Waals surface area contributed by atoms with Crippen LogP contribution in [0.2, 0.25) is 5.02 Å². The van der Waals surface area contributed by atoms with Gasteiger partial charge in [0.25, 0.3) is 0 Å². The van der Waals surface area contributed by atoms with E-state index in [2.05, 4.69) is 19.7 Å². The number of hydrogen-bond donors (Lipinski definition) is 1. The first-order valence-electron chi connectivity index (χ1n) is 4.44. The fraction of sp³-hybridized carbons (Fsp3) is 0.111. The number of allylic oxidation sites excluding steroid dienone is 1. The van der Waals surface area contributed by atoms with Crippen LogP contribution < -0.4 is 4.72 Å². The molecule has 84 valence electrons. The molecule has 0 bridgehead atoms. The lowest BCUT2D eigenvalue weighted by atomic mass is 10.3. The van der Waals surface area contributed by atoms with E-state index in [1.807, 2.05) is 6.92 Å². The van der Waals surface area contributed by atoms with Crippen LogP contribution in [0.3, 0.4) is 0 Å². The maximum Gasteiger partial charge on any atom is 0.155 e. The van der Waals surface area contributed by atoms with Crippen molar-refractivity contribution in [1.29, 1.82) is 0 Å². The Morgan fingerprint density at radius 3 is 2.94 bits per heavy atom. The highest BCUT2D eigenvalue weighted by molar-refractivity contribution is 7.83. The standard InChI is InChI=1S/C9H8ClN3O2S/c1-2-5-11-16(14)7-4-3-6(10)8-9(7)13-15-12-8/h2-5,11H,1H3/b5-2+. The highest BCUT2D eigenvalue weighted by Crippen LogP contribution is 2.24. The lowest BCUT2D eigenvalue weighted by molar-refractivity contribution is 0.315. The molecule has 1 N–H and O–H groups in total. The molecular weight excluding hydrogens is 250 g/mol. The van der Waals surface area contributed by atoms with Crippen molar-refractivity contribution in [1.82, 2.24) is 15.0 Å². The van der Waals surface area contributed by atoms with Gasteiger partial charge in [-0.3, -0.25) is 0 Å². The van der Waals surface area contributed by atoms with Crippen molar-refractivity contribution in [2.45, 2.75) is 11.8 Å². The van der Waals surface area contributed by atoms with E-state index in [-0.39, 0.29) is 0 Å². The van der Waals surface area contributed by atoms with Gasteiger partial charge in [0.2, 0.25) is 0 Å². The summed E-state index contributed by atoms with van der Waals surface area (Å²) in [6.45, 7) is 1.82. The predicted octanol–water partition coefficient (Wildman–Crippen LogP) is 2.02. The Morgan fingerprint density at radius 1 is 1.44 bits per heavy atom. The molecule has 5 nitrogen and oxygen atoms in total. The lowest BCUT2D eigenvalue weighted by Crippen LogP contribution is -2.10. The molecule has 2 rings (SSSR count). The molecule has 7 heteroatoms. The van der Waals surface area contributed by atoms with Gasteiger partial charge in [0.05, 0.1) is 9.92 Å². The Morgan fingerprint density at radius 2 is 2.19 bits per heavy atom. The molecule has 1 atom stereocenters. The second-order valence-electron chi connectivity index (χ2n) is 2.89. The van der Waals surface area contributed by atoms with E-state index in [0.29, 0.717) is 21.0 Å². The van der Waals surface area contributed by atoms with Gasteiger partial charge in [-0.15, -0.1) is 0 Å². The van der Waals surface area contributed by atoms with Gasteiger partial charge in [-0.05, 0) is 29.4 Å². The number of aromatic nitrogens is 2. The number of fused-ring (bicyclic) bond motifs is 1. The average molecular weight is 258 g/mol. The smallest absolute Gasteiger partial charge is 0.155 e. The Labute approximate surface area is 99.0 Å². The van der Waals surface area contributed by atoms with Gasteiger partial charge in [-0.2, -0.15) is 0 Å². The monoisotopic (exact) mass is 257 g/mol. The summed E-state index contributed by atoms with van der Waals surface area (Å²) in [5, 5.41) is 7.74. The van der Waals surface area contributed by atoms with E-state index in [4.69, 9.17) is 11.6 Å². The fourth-order valence-corrected chi connectivity index (χ4v) is 2.23. The van der Waals surface area contributed by atoms with Crippen molar-refractivity contribution in [3.05, 3.63) is 29.4 Å². The van der Waals surface area contributed by atoms with E-state index in [1.54, 1.807) is 24.4 Å². The molecule has 0 aliphatic rings. The second-order valence-corrected chi connectivity index (χ2v) is 4.51. The summed E-state index contributed by atoms with van der Waals surface area (Å²) >= 11 is 5.88. The quantitative estimate of drug-likeness (QED) is 0.913. The van der Waals surface area contributed by atoms with Crippen LogP contribution in [-0.2, 0) is 11.0 Å². The molecule has 0 aliphatic heterocycles. The molecule has 1 heterocycles. The summed E-state index contributed by atoms with van der Waals surface area (Å²) in [4.78, 5) is 0.485. The molecule has 16 heavy (non-hydrogen) atoms. The van der Waals surface area contributed by atoms with E-state index in [1.165, 1.54) is 0 Å². The minimum atomic E-state index is -1.40. The van der Waals surface area contributed by atoms with Gasteiger partial charge in [0, 0.05) is 6.20 Å². The van der Waals surface area contributed by atoms with Crippen molar-refractivity contribution in [2.24, 2.45) is 0 Å². The summed E-state index contributed by atoms with van der Waals surface area (Å²) in [5.41, 5.74) is 0.817. The van der Waals surface area contributed by atoms with E-state index < -0.39 is 11.0 Å². The van der Waals surface area contributed by atoms with Crippen LogP contribution in [0, 0.1) is 0 Å². The highest BCUT2D eigenvalue weighted by Gasteiger charge is 2.14. The van der Waals surface area contributed by atoms with Crippen molar-refractivity contribution in [3.63, 3.8) is 0 Å². The van der Waals surface area contributed by atoms with E-state index in [9.17, 15) is 4.21 Å². The number of nitrogens with zero attached hydrogens (tertiary/aromatic N) is 2. The number of nitrogens with one attached hydrogen (secondary N) is 1. The second kappa shape index (κ2) is 4.63. The lowest BCUT2D eigenvalue weighted by Gasteiger charge is -2.01. The SMILES string of the molecule is C/C=C/NS(=O)c1ccc(Cl)c2nonc12. The van der Waals surface area contributed by atoms with Gasteiger partial charge >= 0.3 is 0 Å². The highest BCUT2D eigenvalue weighted by atomic mass is 35.5. The fourth-order valence-electron chi connectivity index (χ4n) is 1.16. The maximum absolute atomic E-state index is 11.8. The Balaban J connectivity index is 2.49. The zero-order chi connectivity index (χ0) is 11.5. The number of benzene rings is 1. The maximum atomic E-state index is 11.8. The van der Waals surface area contributed by atoms with Crippen LogP contribution >= 0.6 is 11.6 Å². The molecule has 0 radical (unpaired) electrons. The van der Waals surface area contributed by atoms with Gasteiger partial charge in [-0.1, -0.05) is 17.7 Å². The zero-order valence-corrected chi connectivity index (χ0v) is 9.88. The first-order valence-corrected chi connectivity index (χ1v) is 5.96. The van der Waals surface area contributed by atoms with E-state index in [0.717, 1.165) is 0 Å². The molecular formula is C9H8ClN3O2S. The molecule has 1 aromatic heterocycles. The minimum absolute atomic E-state index is 0.405. The van der Waals surface area contributed by atoms with Crippen LogP contribution in [0.5, 0.6) is 0 Å². The number of halogens is 1. The summed E-state index contributed by atoms with van der Waals surface area (Å²) in [7, 11) is -1.40. The average Bonchev–Trinajstić information content (AvgIpc) is 2.76. The van der Waals surface area contributed by atoms with Gasteiger partial charge in [0.1, 0.15) is 0 Å². The van der Waals surface area contributed by atoms with Crippen LogP contribution in [-0.4, -0.2) is 14.5 Å². The Bertz CT molecular complexity index is 567. The third-order valence-electron chi connectivity index (χ3n) is 1.87. The summed E-state index contributed by atoms with van der Waals surface area (Å²) in [5.74, 6) is 0. The topological polar surface area (TPSA) is 68.0 Å². The molecule has 1 unspecified atom stereocenters. The van der Waals surface area contributed by atoms with Crippen LogP contribution in [0.4, 0.5) is 0 Å². The van der Waals surface area contributed by atoms with Crippen LogP contribution in [0.1, 0.15) is 6.92 Å². The van der Waals surface area contributed by atoms with Gasteiger partial charge in [-0.25, -0.2) is 8.84 Å². The number of hydrogen-bond acceptors (Lipinski definition) is 4. The first kappa shape index (κ1) is 11.1. The Kier molecular flexibility index (Phi) is 3.21. The summed E-state index contributed by atoms with van der Waals surface area (Å²) < 4.78 is 19.1. The molecule has 0 spiro atoms. The largest absolute Gasteiger partial charge is 0.308 e.